The molecule has 1 atom stereocenters. The summed E-state index contributed by atoms with van der Waals surface area (Å²) in [5, 5.41) is 12.4. The van der Waals surface area contributed by atoms with Crippen LogP contribution in [0.25, 0.3) is 0 Å². The summed E-state index contributed by atoms with van der Waals surface area (Å²) >= 11 is 0. The summed E-state index contributed by atoms with van der Waals surface area (Å²) in [4.78, 5) is 0. The summed E-state index contributed by atoms with van der Waals surface area (Å²) < 4.78 is 24.7. The number of aliphatic hydroxyl groups is 1. The van der Waals surface area contributed by atoms with Crippen molar-refractivity contribution in [1.82, 2.24) is 5.32 Å². The first-order valence-corrected chi connectivity index (χ1v) is 8.67. The molecule has 2 N–H and O–H groups in total. The van der Waals surface area contributed by atoms with Crippen molar-refractivity contribution >= 4 is 0 Å². The van der Waals surface area contributed by atoms with Crippen LogP contribution in [-0.2, 0) is 24.4 Å². The fraction of sp³-hybridized carbons (Fsp3) is 0.400. The van der Waals surface area contributed by atoms with Gasteiger partial charge >= 0.3 is 0 Å². The zero-order chi connectivity index (χ0) is 17.5. The summed E-state index contributed by atoms with van der Waals surface area (Å²) in [7, 11) is 0. The molecular formula is C20H24FNO3. The van der Waals surface area contributed by atoms with Gasteiger partial charge in [0.25, 0.3) is 0 Å². The molecule has 2 aromatic rings. The molecule has 1 aliphatic heterocycles. The lowest BCUT2D eigenvalue weighted by molar-refractivity contribution is 0.0679. The highest BCUT2D eigenvalue weighted by Crippen LogP contribution is 2.17. The number of nitrogens with one attached hydrogen (secondary N) is 1. The lowest BCUT2D eigenvalue weighted by Gasteiger charge is -2.12. The minimum atomic E-state index is -0.371. The largest absolute Gasteiger partial charge is 0.491 e. The van der Waals surface area contributed by atoms with E-state index in [1.54, 1.807) is 12.1 Å². The van der Waals surface area contributed by atoms with Crippen LogP contribution in [0.2, 0.25) is 0 Å². The summed E-state index contributed by atoms with van der Waals surface area (Å²) in [5.41, 5.74) is 2.42. The standard InChI is InChI=1S/C20H24FNO3/c21-20-8-5-16(10-17(20)13-23)12-22-11-15-3-6-18(7-4-15)25-14-19-2-1-9-24-19/h3-8,10,19,22-23H,1-2,9,11-14H2. The Morgan fingerprint density at radius 2 is 1.88 bits per heavy atom. The van der Waals surface area contributed by atoms with Crippen LogP contribution in [0.1, 0.15) is 29.5 Å². The van der Waals surface area contributed by atoms with Crippen LogP contribution in [-0.4, -0.2) is 24.4 Å². The molecule has 1 unspecified atom stereocenters. The molecule has 1 fully saturated rings. The highest BCUT2D eigenvalue weighted by Gasteiger charge is 2.15. The molecule has 2 aromatic carbocycles. The number of aliphatic hydroxyl groups excluding tert-OH is 1. The Hall–Kier alpha value is -1.95. The predicted octanol–water partition coefficient (Wildman–Crippen LogP) is 3.17. The van der Waals surface area contributed by atoms with Crippen molar-refractivity contribution in [2.24, 2.45) is 0 Å². The quantitative estimate of drug-likeness (QED) is 0.772. The predicted molar refractivity (Wildman–Crippen MR) is 93.8 cm³/mol. The van der Waals surface area contributed by atoms with Crippen LogP contribution in [0.5, 0.6) is 5.75 Å². The van der Waals surface area contributed by atoms with Gasteiger partial charge < -0.3 is 19.9 Å². The Kier molecular flexibility index (Phi) is 6.39. The maximum absolute atomic E-state index is 13.4. The Labute approximate surface area is 147 Å². The van der Waals surface area contributed by atoms with Crippen LogP contribution in [0.15, 0.2) is 42.5 Å². The summed E-state index contributed by atoms with van der Waals surface area (Å²) in [6, 6.07) is 12.8. The summed E-state index contributed by atoms with van der Waals surface area (Å²) in [6.07, 6.45) is 2.41. The van der Waals surface area contributed by atoms with Gasteiger partial charge in [-0.1, -0.05) is 18.2 Å². The molecule has 0 radical (unpaired) electrons. The van der Waals surface area contributed by atoms with Crippen LogP contribution in [0, 0.1) is 5.82 Å². The molecule has 1 saturated heterocycles. The molecule has 0 bridgehead atoms. The first-order chi connectivity index (χ1) is 12.2. The summed E-state index contributed by atoms with van der Waals surface area (Å²) in [6.45, 7) is 2.48. The van der Waals surface area contributed by atoms with E-state index in [0.29, 0.717) is 25.3 Å². The molecule has 0 spiro atoms. The smallest absolute Gasteiger partial charge is 0.128 e. The second-order valence-electron chi connectivity index (χ2n) is 6.28. The van der Waals surface area contributed by atoms with E-state index in [2.05, 4.69) is 5.32 Å². The molecule has 0 aliphatic carbocycles. The van der Waals surface area contributed by atoms with Gasteiger partial charge in [-0.05, 0) is 48.2 Å². The van der Waals surface area contributed by atoms with Gasteiger partial charge in [0, 0.05) is 25.3 Å². The molecule has 134 valence electrons. The van der Waals surface area contributed by atoms with E-state index in [0.717, 1.165) is 36.3 Å². The zero-order valence-electron chi connectivity index (χ0n) is 14.2. The molecule has 0 aromatic heterocycles. The normalized spacial score (nSPS) is 17.0. The van der Waals surface area contributed by atoms with Crippen molar-refractivity contribution in [2.75, 3.05) is 13.2 Å². The van der Waals surface area contributed by atoms with Gasteiger partial charge in [-0.2, -0.15) is 0 Å². The van der Waals surface area contributed by atoms with Gasteiger partial charge in [0.1, 0.15) is 18.2 Å². The molecule has 25 heavy (non-hydrogen) atoms. The highest BCUT2D eigenvalue weighted by atomic mass is 19.1. The Morgan fingerprint density at radius 3 is 2.60 bits per heavy atom. The van der Waals surface area contributed by atoms with E-state index < -0.39 is 0 Å². The fourth-order valence-electron chi connectivity index (χ4n) is 2.88. The second-order valence-corrected chi connectivity index (χ2v) is 6.28. The zero-order valence-corrected chi connectivity index (χ0v) is 14.2. The number of hydrogen-bond donors (Lipinski definition) is 2. The SMILES string of the molecule is OCc1cc(CNCc2ccc(OCC3CCCO3)cc2)ccc1F. The number of halogens is 1. The Bertz CT molecular complexity index is 669. The van der Waals surface area contributed by atoms with E-state index in [-0.39, 0.29) is 18.5 Å². The van der Waals surface area contributed by atoms with Crippen LogP contribution in [0.4, 0.5) is 4.39 Å². The monoisotopic (exact) mass is 345 g/mol. The topological polar surface area (TPSA) is 50.7 Å². The molecular weight excluding hydrogens is 321 g/mol. The molecule has 0 saturated carbocycles. The van der Waals surface area contributed by atoms with Gasteiger partial charge in [-0.15, -0.1) is 0 Å². The minimum Gasteiger partial charge on any atom is -0.491 e. The van der Waals surface area contributed by atoms with Gasteiger partial charge in [-0.3, -0.25) is 0 Å². The number of benzene rings is 2. The lowest BCUT2D eigenvalue weighted by atomic mass is 10.1. The Balaban J connectivity index is 1.43. The number of rotatable bonds is 8. The van der Waals surface area contributed by atoms with Crippen molar-refractivity contribution in [3.8, 4) is 5.75 Å². The van der Waals surface area contributed by atoms with Crippen LogP contribution in [0.3, 0.4) is 0 Å². The van der Waals surface area contributed by atoms with E-state index >= 15 is 0 Å². The third kappa shape index (κ3) is 5.26. The molecule has 3 rings (SSSR count). The molecule has 4 nitrogen and oxygen atoms in total. The second kappa shape index (κ2) is 8.94. The average Bonchev–Trinajstić information content (AvgIpc) is 3.16. The maximum atomic E-state index is 13.4. The van der Waals surface area contributed by atoms with Crippen LogP contribution < -0.4 is 10.1 Å². The Morgan fingerprint density at radius 1 is 1.12 bits per heavy atom. The van der Waals surface area contributed by atoms with Gasteiger partial charge in [0.2, 0.25) is 0 Å². The molecule has 1 heterocycles. The van der Waals surface area contributed by atoms with E-state index in [4.69, 9.17) is 14.6 Å². The molecule has 0 amide bonds. The third-order valence-corrected chi connectivity index (χ3v) is 4.32. The van der Waals surface area contributed by atoms with Gasteiger partial charge in [-0.25, -0.2) is 4.39 Å². The highest BCUT2D eigenvalue weighted by molar-refractivity contribution is 5.28. The number of hydrogen-bond acceptors (Lipinski definition) is 4. The van der Waals surface area contributed by atoms with Gasteiger partial charge in [0.15, 0.2) is 0 Å². The number of ether oxygens (including phenoxy) is 2. The average molecular weight is 345 g/mol. The van der Waals surface area contributed by atoms with E-state index in [9.17, 15) is 4.39 Å². The van der Waals surface area contributed by atoms with Crippen molar-refractivity contribution in [3.63, 3.8) is 0 Å². The molecule has 5 heteroatoms. The first kappa shape index (κ1) is 17.9. The minimum absolute atomic E-state index is 0.223. The fourth-order valence-corrected chi connectivity index (χ4v) is 2.88. The van der Waals surface area contributed by atoms with Crippen molar-refractivity contribution in [1.29, 1.82) is 0 Å². The van der Waals surface area contributed by atoms with Gasteiger partial charge in [0.05, 0.1) is 12.7 Å². The lowest BCUT2D eigenvalue weighted by Crippen LogP contribution is -2.16. The molecule has 1 aliphatic rings. The van der Waals surface area contributed by atoms with E-state index in [1.165, 1.54) is 6.07 Å². The van der Waals surface area contributed by atoms with Crippen molar-refractivity contribution in [3.05, 3.63) is 65.0 Å². The van der Waals surface area contributed by atoms with Crippen molar-refractivity contribution < 1.29 is 19.0 Å². The van der Waals surface area contributed by atoms with Crippen LogP contribution >= 0.6 is 0 Å². The third-order valence-electron chi connectivity index (χ3n) is 4.32. The van der Waals surface area contributed by atoms with Crippen molar-refractivity contribution in [2.45, 2.75) is 38.6 Å². The maximum Gasteiger partial charge on any atom is 0.128 e. The first-order valence-electron chi connectivity index (χ1n) is 8.67. The van der Waals surface area contributed by atoms with E-state index in [1.807, 2.05) is 24.3 Å². The summed E-state index contributed by atoms with van der Waals surface area (Å²) in [5.74, 6) is 0.482.